The van der Waals surface area contributed by atoms with Gasteiger partial charge in [-0.3, -0.25) is 0 Å². The Kier molecular flexibility index (Phi) is 3.65. The first-order valence-electron chi connectivity index (χ1n) is 6.25. The van der Waals surface area contributed by atoms with Crippen LogP contribution in [0.25, 0.3) is 10.8 Å². The maximum Gasteiger partial charge on any atom is 0.182 e. The average molecular weight is 244 g/mol. The first-order chi connectivity index (χ1) is 8.06. The van der Waals surface area contributed by atoms with E-state index in [1.807, 2.05) is 13.1 Å². The Labute approximate surface area is 104 Å². The summed E-state index contributed by atoms with van der Waals surface area (Å²) in [4.78, 5) is 9.85. The zero-order chi connectivity index (χ0) is 12.3. The summed E-state index contributed by atoms with van der Waals surface area (Å²) in [5.74, 6) is 0. The Bertz CT molecular complexity index is 494. The molecule has 0 atom stereocenters. The van der Waals surface area contributed by atoms with Crippen molar-refractivity contribution in [2.24, 2.45) is 0 Å². The lowest BCUT2D eigenvalue weighted by Crippen LogP contribution is -2.24. The molecule has 2 rings (SSSR count). The first-order valence-corrected chi connectivity index (χ1v) is 9.41. The highest BCUT2D eigenvalue weighted by molar-refractivity contribution is 6.69. The second kappa shape index (κ2) is 5.03. The molecule has 0 aliphatic rings. The second-order valence-corrected chi connectivity index (χ2v) is 9.43. The van der Waals surface area contributed by atoms with Gasteiger partial charge in [0.2, 0.25) is 0 Å². The third kappa shape index (κ3) is 3.41. The maximum atomic E-state index is 9.85. The van der Waals surface area contributed by atoms with Gasteiger partial charge in [-0.2, -0.15) is 0 Å². The summed E-state index contributed by atoms with van der Waals surface area (Å²) in [6, 6.07) is 16.0. The van der Waals surface area contributed by atoms with E-state index in [-0.39, 0.29) is 0 Å². The van der Waals surface area contributed by atoms with Crippen LogP contribution >= 0.6 is 0 Å². The van der Waals surface area contributed by atoms with Crippen molar-refractivity contribution in [3.8, 4) is 0 Å². The van der Waals surface area contributed by atoms with Gasteiger partial charge in [-0.1, -0.05) is 42.5 Å². The van der Waals surface area contributed by atoms with Gasteiger partial charge >= 0.3 is 0 Å². The fraction of sp³-hybridized carbons (Fsp3) is 0.333. The third-order valence-electron chi connectivity index (χ3n) is 3.11. The summed E-state index contributed by atoms with van der Waals surface area (Å²) in [6.07, 6.45) is 2.15. The summed E-state index contributed by atoms with van der Waals surface area (Å²) in [6.45, 7) is 4.02. The number of benzene rings is 2. The van der Waals surface area contributed by atoms with Gasteiger partial charge in [-0.05, 0) is 48.3 Å². The number of rotatable bonds is 4. The van der Waals surface area contributed by atoms with Crippen LogP contribution in [0.15, 0.2) is 42.5 Å². The van der Waals surface area contributed by atoms with Crippen molar-refractivity contribution in [2.45, 2.75) is 32.0 Å². The lowest BCUT2D eigenvalue weighted by Gasteiger charge is -2.13. The summed E-state index contributed by atoms with van der Waals surface area (Å²) in [5.41, 5.74) is 1.40. The number of aryl methyl sites for hydroxylation is 1. The molecule has 1 N–H and O–H groups in total. The van der Waals surface area contributed by atoms with E-state index in [1.165, 1.54) is 16.3 Å². The fourth-order valence-electron chi connectivity index (χ4n) is 2.22. The van der Waals surface area contributed by atoms with Gasteiger partial charge in [0.25, 0.3) is 0 Å². The molecule has 1 nitrogen and oxygen atoms in total. The SMILES string of the molecule is C[Si](C)(O)CCCc1cccc2ccccc12. The minimum atomic E-state index is -1.88. The molecule has 2 aromatic carbocycles. The molecule has 90 valence electrons. The van der Waals surface area contributed by atoms with E-state index in [2.05, 4.69) is 42.5 Å². The third-order valence-corrected chi connectivity index (χ3v) is 4.69. The normalized spacial score (nSPS) is 11.9. The molecule has 17 heavy (non-hydrogen) atoms. The minimum absolute atomic E-state index is 0.982. The molecule has 0 radical (unpaired) electrons. The lowest BCUT2D eigenvalue weighted by molar-refractivity contribution is 0.544. The van der Waals surface area contributed by atoms with Crippen LogP contribution in [-0.4, -0.2) is 13.1 Å². The fourth-order valence-corrected chi connectivity index (χ4v) is 3.26. The Balaban J connectivity index is 2.13. The van der Waals surface area contributed by atoms with Gasteiger partial charge in [0.15, 0.2) is 8.32 Å². The Morgan fingerprint density at radius 2 is 1.71 bits per heavy atom. The van der Waals surface area contributed by atoms with Gasteiger partial charge < -0.3 is 4.80 Å². The molecule has 0 spiro atoms. The van der Waals surface area contributed by atoms with Gasteiger partial charge in [0.1, 0.15) is 0 Å². The van der Waals surface area contributed by atoms with Crippen molar-refractivity contribution in [1.82, 2.24) is 0 Å². The molecule has 2 aromatic rings. The molecule has 0 bridgehead atoms. The van der Waals surface area contributed by atoms with Crippen LogP contribution in [0, 0.1) is 0 Å². The van der Waals surface area contributed by atoms with Crippen molar-refractivity contribution in [3.63, 3.8) is 0 Å². The summed E-state index contributed by atoms with van der Waals surface area (Å²) in [5, 5.41) is 2.66. The highest BCUT2D eigenvalue weighted by Crippen LogP contribution is 2.21. The molecule has 0 amide bonds. The highest BCUT2D eigenvalue weighted by atomic mass is 28.4. The van der Waals surface area contributed by atoms with Crippen LogP contribution in [-0.2, 0) is 6.42 Å². The Morgan fingerprint density at radius 1 is 1.00 bits per heavy atom. The molecular weight excluding hydrogens is 224 g/mol. The van der Waals surface area contributed by atoms with Gasteiger partial charge in [0.05, 0.1) is 0 Å². The van der Waals surface area contributed by atoms with Crippen LogP contribution < -0.4 is 0 Å². The predicted molar refractivity (Wildman–Crippen MR) is 76.8 cm³/mol. The predicted octanol–water partition coefficient (Wildman–Crippen LogP) is 3.97. The number of hydrogen-bond acceptors (Lipinski definition) is 1. The van der Waals surface area contributed by atoms with E-state index in [4.69, 9.17) is 0 Å². The van der Waals surface area contributed by atoms with Crippen LogP contribution in [0.2, 0.25) is 19.1 Å². The molecule has 0 aromatic heterocycles. The smallest absolute Gasteiger partial charge is 0.182 e. The number of hydrogen-bond donors (Lipinski definition) is 1. The Morgan fingerprint density at radius 3 is 2.47 bits per heavy atom. The monoisotopic (exact) mass is 244 g/mol. The largest absolute Gasteiger partial charge is 0.432 e. The van der Waals surface area contributed by atoms with Crippen molar-refractivity contribution >= 4 is 19.1 Å². The van der Waals surface area contributed by atoms with E-state index in [1.54, 1.807) is 0 Å². The van der Waals surface area contributed by atoms with Crippen molar-refractivity contribution < 1.29 is 4.80 Å². The summed E-state index contributed by atoms with van der Waals surface area (Å²) in [7, 11) is -1.88. The average Bonchev–Trinajstić information content (AvgIpc) is 2.28. The van der Waals surface area contributed by atoms with Crippen LogP contribution in [0.3, 0.4) is 0 Å². The quantitative estimate of drug-likeness (QED) is 0.807. The number of fused-ring (bicyclic) bond motifs is 1. The lowest BCUT2D eigenvalue weighted by atomic mass is 10.0. The second-order valence-electron chi connectivity index (χ2n) is 5.30. The van der Waals surface area contributed by atoms with Gasteiger partial charge in [0, 0.05) is 0 Å². The zero-order valence-corrected chi connectivity index (χ0v) is 11.6. The molecule has 0 aliphatic carbocycles. The molecule has 0 saturated heterocycles. The molecule has 2 heteroatoms. The minimum Gasteiger partial charge on any atom is -0.432 e. The maximum absolute atomic E-state index is 9.85. The van der Waals surface area contributed by atoms with Crippen LogP contribution in [0.1, 0.15) is 12.0 Å². The van der Waals surface area contributed by atoms with E-state index >= 15 is 0 Å². The highest BCUT2D eigenvalue weighted by Gasteiger charge is 2.15. The van der Waals surface area contributed by atoms with E-state index in [9.17, 15) is 4.80 Å². The van der Waals surface area contributed by atoms with Crippen LogP contribution in [0.4, 0.5) is 0 Å². The summed E-state index contributed by atoms with van der Waals surface area (Å²) < 4.78 is 0. The first kappa shape index (κ1) is 12.3. The molecular formula is C15H20OSi. The van der Waals surface area contributed by atoms with Gasteiger partial charge in [-0.25, -0.2) is 0 Å². The van der Waals surface area contributed by atoms with E-state index < -0.39 is 8.32 Å². The van der Waals surface area contributed by atoms with Crippen LogP contribution in [0.5, 0.6) is 0 Å². The van der Waals surface area contributed by atoms with Crippen molar-refractivity contribution in [1.29, 1.82) is 0 Å². The topological polar surface area (TPSA) is 20.2 Å². The molecule has 0 saturated carbocycles. The summed E-state index contributed by atoms with van der Waals surface area (Å²) >= 11 is 0. The standard InChI is InChI=1S/C15H20OSi/c1-17(2,16)12-6-10-14-9-5-8-13-7-3-4-11-15(13)14/h3-5,7-9,11,16H,6,10,12H2,1-2H3. The van der Waals surface area contributed by atoms with E-state index in [0.29, 0.717) is 0 Å². The van der Waals surface area contributed by atoms with Crippen molar-refractivity contribution in [3.05, 3.63) is 48.0 Å². The van der Waals surface area contributed by atoms with Gasteiger partial charge in [-0.15, -0.1) is 0 Å². The zero-order valence-electron chi connectivity index (χ0n) is 10.6. The molecule has 0 fully saturated rings. The molecule has 0 aliphatic heterocycles. The molecule has 0 heterocycles. The van der Waals surface area contributed by atoms with E-state index in [0.717, 1.165) is 18.9 Å². The van der Waals surface area contributed by atoms with Crippen molar-refractivity contribution in [2.75, 3.05) is 0 Å². The molecule has 0 unspecified atom stereocenters. The Hall–Kier alpha value is -1.12.